The zero-order valence-corrected chi connectivity index (χ0v) is 10.7. The molecule has 1 atom stereocenters. The molecule has 1 unspecified atom stereocenters. The number of nitrogens with one attached hydrogen (secondary N) is 1. The van der Waals surface area contributed by atoms with Crippen molar-refractivity contribution in [1.82, 2.24) is 5.32 Å². The standard InChI is InChI=1S/C14H19NO3/c1-16-9-11-6-13-14(18-5-4-17-13)7-12(11)10-2-3-15-8-10/h6-7,10,15H,2-5,8-9H2,1H3. The van der Waals surface area contributed by atoms with Crippen molar-refractivity contribution in [2.45, 2.75) is 18.9 Å². The number of methoxy groups -OCH3 is 1. The molecule has 1 fully saturated rings. The Morgan fingerprint density at radius 2 is 2.06 bits per heavy atom. The Labute approximate surface area is 107 Å². The van der Waals surface area contributed by atoms with Crippen LogP contribution in [0.25, 0.3) is 0 Å². The Balaban J connectivity index is 1.98. The van der Waals surface area contributed by atoms with Gasteiger partial charge >= 0.3 is 0 Å². The van der Waals surface area contributed by atoms with Crippen molar-refractivity contribution in [3.63, 3.8) is 0 Å². The van der Waals surface area contributed by atoms with Crippen molar-refractivity contribution in [1.29, 1.82) is 0 Å². The second-order valence-electron chi connectivity index (χ2n) is 4.82. The smallest absolute Gasteiger partial charge is 0.161 e. The second kappa shape index (κ2) is 5.16. The highest BCUT2D eigenvalue weighted by Gasteiger charge is 2.23. The van der Waals surface area contributed by atoms with E-state index in [2.05, 4.69) is 17.4 Å². The summed E-state index contributed by atoms with van der Waals surface area (Å²) < 4.78 is 16.6. The van der Waals surface area contributed by atoms with Gasteiger partial charge in [0.05, 0.1) is 6.61 Å². The van der Waals surface area contributed by atoms with Gasteiger partial charge in [0, 0.05) is 13.7 Å². The Hall–Kier alpha value is -1.26. The molecule has 0 bridgehead atoms. The molecular formula is C14H19NO3. The van der Waals surface area contributed by atoms with E-state index >= 15 is 0 Å². The molecule has 4 nitrogen and oxygen atoms in total. The van der Waals surface area contributed by atoms with Gasteiger partial charge in [0.1, 0.15) is 13.2 Å². The Morgan fingerprint density at radius 1 is 1.28 bits per heavy atom. The van der Waals surface area contributed by atoms with Gasteiger partial charge in [0.2, 0.25) is 0 Å². The molecule has 1 N–H and O–H groups in total. The van der Waals surface area contributed by atoms with Gasteiger partial charge in [0.15, 0.2) is 11.5 Å². The minimum atomic E-state index is 0.561. The molecule has 2 aliphatic heterocycles. The van der Waals surface area contributed by atoms with Crippen molar-refractivity contribution in [3.05, 3.63) is 23.3 Å². The monoisotopic (exact) mass is 249 g/mol. The van der Waals surface area contributed by atoms with Crippen molar-refractivity contribution >= 4 is 0 Å². The molecule has 0 saturated carbocycles. The fraction of sp³-hybridized carbons (Fsp3) is 0.571. The molecular weight excluding hydrogens is 230 g/mol. The van der Waals surface area contributed by atoms with E-state index in [4.69, 9.17) is 14.2 Å². The van der Waals surface area contributed by atoms with Crippen LogP contribution in [0.2, 0.25) is 0 Å². The third kappa shape index (κ3) is 2.18. The maximum atomic E-state index is 5.67. The lowest BCUT2D eigenvalue weighted by Crippen LogP contribution is -2.17. The van der Waals surface area contributed by atoms with Gasteiger partial charge in [-0.1, -0.05) is 0 Å². The Bertz CT molecular complexity index is 427. The van der Waals surface area contributed by atoms with E-state index in [1.165, 1.54) is 17.5 Å². The number of ether oxygens (including phenoxy) is 3. The number of rotatable bonds is 3. The molecule has 0 aliphatic carbocycles. The number of benzene rings is 1. The lowest BCUT2D eigenvalue weighted by molar-refractivity contribution is 0.166. The van der Waals surface area contributed by atoms with E-state index in [1.54, 1.807) is 7.11 Å². The summed E-state index contributed by atoms with van der Waals surface area (Å²) in [5.74, 6) is 2.29. The average Bonchev–Trinajstić information content (AvgIpc) is 2.92. The van der Waals surface area contributed by atoms with Crippen molar-refractivity contribution in [2.75, 3.05) is 33.4 Å². The van der Waals surface area contributed by atoms with Crippen molar-refractivity contribution in [3.8, 4) is 11.5 Å². The number of hydrogen-bond donors (Lipinski definition) is 1. The third-order valence-electron chi connectivity index (χ3n) is 3.60. The molecule has 0 aromatic heterocycles. The average molecular weight is 249 g/mol. The molecule has 0 amide bonds. The summed E-state index contributed by atoms with van der Waals surface area (Å²) in [5.41, 5.74) is 2.56. The molecule has 0 radical (unpaired) electrons. The van der Waals surface area contributed by atoms with E-state index in [9.17, 15) is 0 Å². The van der Waals surface area contributed by atoms with Gasteiger partial charge in [-0.2, -0.15) is 0 Å². The topological polar surface area (TPSA) is 39.7 Å². The van der Waals surface area contributed by atoms with Crippen LogP contribution in [-0.4, -0.2) is 33.4 Å². The highest BCUT2D eigenvalue weighted by Crippen LogP contribution is 2.37. The van der Waals surface area contributed by atoms with Crippen LogP contribution in [0.1, 0.15) is 23.5 Å². The summed E-state index contributed by atoms with van der Waals surface area (Å²) >= 11 is 0. The maximum Gasteiger partial charge on any atom is 0.161 e. The summed E-state index contributed by atoms with van der Waals surface area (Å²) in [6.45, 7) is 4.02. The molecule has 1 aromatic rings. The molecule has 0 spiro atoms. The van der Waals surface area contributed by atoms with E-state index in [0.717, 1.165) is 24.6 Å². The molecule has 98 valence electrons. The van der Waals surface area contributed by atoms with E-state index in [0.29, 0.717) is 25.7 Å². The highest BCUT2D eigenvalue weighted by atomic mass is 16.6. The van der Waals surface area contributed by atoms with E-state index < -0.39 is 0 Å². The van der Waals surface area contributed by atoms with Crippen LogP contribution < -0.4 is 14.8 Å². The van der Waals surface area contributed by atoms with Gasteiger partial charge in [0.25, 0.3) is 0 Å². The molecule has 2 aliphatic rings. The van der Waals surface area contributed by atoms with Gasteiger partial charge in [-0.3, -0.25) is 0 Å². The summed E-state index contributed by atoms with van der Waals surface area (Å²) in [4.78, 5) is 0. The maximum absolute atomic E-state index is 5.67. The van der Waals surface area contributed by atoms with Crippen LogP contribution in [0.15, 0.2) is 12.1 Å². The van der Waals surface area contributed by atoms with Crippen LogP contribution in [-0.2, 0) is 11.3 Å². The first-order chi connectivity index (χ1) is 8.88. The molecule has 2 heterocycles. The third-order valence-corrected chi connectivity index (χ3v) is 3.60. The van der Waals surface area contributed by atoms with Crippen molar-refractivity contribution < 1.29 is 14.2 Å². The normalized spacial score (nSPS) is 22.2. The van der Waals surface area contributed by atoms with Gasteiger partial charge in [-0.25, -0.2) is 0 Å². The van der Waals surface area contributed by atoms with Gasteiger partial charge < -0.3 is 19.5 Å². The fourth-order valence-electron chi connectivity index (χ4n) is 2.73. The number of hydrogen-bond acceptors (Lipinski definition) is 4. The van der Waals surface area contributed by atoms with E-state index in [1.807, 2.05) is 0 Å². The van der Waals surface area contributed by atoms with Crippen LogP contribution in [0, 0.1) is 0 Å². The zero-order chi connectivity index (χ0) is 12.4. The quantitative estimate of drug-likeness (QED) is 0.884. The second-order valence-corrected chi connectivity index (χ2v) is 4.82. The lowest BCUT2D eigenvalue weighted by Gasteiger charge is -2.23. The summed E-state index contributed by atoms with van der Waals surface area (Å²) in [7, 11) is 1.73. The zero-order valence-electron chi connectivity index (χ0n) is 10.7. The summed E-state index contributed by atoms with van der Waals surface area (Å²) in [6, 6.07) is 4.21. The fourth-order valence-corrected chi connectivity index (χ4v) is 2.73. The van der Waals surface area contributed by atoms with E-state index in [-0.39, 0.29) is 0 Å². The minimum Gasteiger partial charge on any atom is -0.486 e. The van der Waals surface area contributed by atoms with Crippen LogP contribution in [0.3, 0.4) is 0 Å². The molecule has 1 saturated heterocycles. The van der Waals surface area contributed by atoms with Gasteiger partial charge in [-0.15, -0.1) is 0 Å². The Kier molecular flexibility index (Phi) is 3.39. The lowest BCUT2D eigenvalue weighted by atomic mass is 9.93. The van der Waals surface area contributed by atoms with Crippen molar-refractivity contribution in [2.24, 2.45) is 0 Å². The SMILES string of the molecule is COCc1cc2c(cc1C1CCNC1)OCCO2. The largest absolute Gasteiger partial charge is 0.486 e. The molecule has 4 heteroatoms. The van der Waals surface area contributed by atoms with Crippen LogP contribution >= 0.6 is 0 Å². The Morgan fingerprint density at radius 3 is 2.72 bits per heavy atom. The predicted octanol–water partition coefficient (Wildman–Crippen LogP) is 1.68. The minimum absolute atomic E-state index is 0.561. The predicted molar refractivity (Wildman–Crippen MR) is 68.4 cm³/mol. The van der Waals surface area contributed by atoms with Crippen LogP contribution in [0.5, 0.6) is 11.5 Å². The molecule has 1 aromatic carbocycles. The summed E-state index contributed by atoms with van der Waals surface area (Å²) in [6.07, 6.45) is 1.18. The first-order valence-corrected chi connectivity index (χ1v) is 6.50. The highest BCUT2D eigenvalue weighted by molar-refractivity contribution is 5.49. The van der Waals surface area contributed by atoms with Crippen LogP contribution in [0.4, 0.5) is 0 Å². The number of fused-ring (bicyclic) bond motifs is 1. The molecule has 3 rings (SSSR count). The summed E-state index contributed by atoms with van der Waals surface area (Å²) in [5, 5.41) is 3.41. The first kappa shape index (κ1) is 11.8. The molecule has 18 heavy (non-hydrogen) atoms. The van der Waals surface area contributed by atoms with Gasteiger partial charge in [-0.05, 0) is 42.1 Å². The first-order valence-electron chi connectivity index (χ1n) is 6.50.